The Kier molecular flexibility index (Phi) is 4.06. The lowest BCUT2D eigenvalue weighted by atomic mass is 10.2. The van der Waals surface area contributed by atoms with Crippen molar-refractivity contribution in [1.82, 2.24) is 0 Å². The van der Waals surface area contributed by atoms with E-state index in [0.717, 1.165) is 15.6 Å². The van der Waals surface area contributed by atoms with E-state index >= 15 is 0 Å². The number of nitrogens with two attached hydrogens (primary N) is 1. The molecule has 0 fully saturated rings. The van der Waals surface area contributed by atoms with Crippen LogP contribution in [0.3, 0.4) is 0 Å². The number of rotatable bonds is 3. The monoisotopic (exact) mass is 354 g/mol. The molecule has 6 heteroatoms. The van der Waals surface area contributed by atoms with Gasteiger partial charge in [-0.3, -0.25) is 4.72 Å². The summed E-state index contributed by atoms with van der Waals surface area (Å²) in [5.74, 6) is 0. The fraction of sp³-hybridized carbons (Fsp3) is 0.143. The SMILES string of the molecule is Cc1ccc(S(=O)(=O)Nc2ccc(Br)cc2C)c(N)c1. The van der Waals surface area contributed by atoms with Gasteiger partial charge >= 0.3 is 0 Å². The average molecular weight is 355 g/mol. The first-order chi connectivity index (χ1) is 9.29. The molecule has 0 spiro atoms. The Hall–Kier alpha value is -1.53. The number of hydrogen-bond donors (Lipinski definition) is 2. The van der Waals surface area contributed by atoms with Gasteiger partial charge in [0.15, 0.2) is 0 Å². The van der Waals surface area contributed by atoms with Gasteiger partial charge in [0.2, 0.25) is 0 Å². The van der Waals surface area contributed by atoms with Crippen molar-refractivity contribution in [1.29, 1.82) is 0 Å². The van der Waals surface area contributed by atoms with Gasteiger partial charge in [0.1, 0.15) is 4.90 Å². The summed E-state index contributed by atoms with van der Waals surface area (Å²) in [5, 5.41) is 0. The van der Waals surface area contributed by atoms with E-state index in [1.54, 1.807) is 24.3 Å². The number of anilines is 2. The minimum absolute atomic E-state index is 0.0884. The summed E-state index contributed by atoms with van der Waals surface area (Å²) >= 11 is 3.34. The molecule has 2 aromatic carbocycles. The van der Waals surface area contributed by atoms with Crippen molar-refractivity contribution in [2.45, 2.75) is 18.7 Å². The number of aryl methyl sites for hydroxylation is 2. The molecule has 4 nitrogen and oxygen atoms in total. The largest absolute Gasteiger partial charge is 0.398 e. The maximum atomic E-state index is 12.4. The third-order valence-electron chi connectivity index (χ3n) is 2.89. The topological polar surface area (TPSA) is 72.2 Å². The summed E-state index contributed by atoms with van der Waals surface area (Å²) in [4.78, 5) is 0.0884. The van der Waals surface area contributed by atoms with E-state index in [9.17, 15) is 8.42 Å². The lowest BCUT2D eigenvalue weighted by Crippen LogP contribution is -2.15. The van der Waals surface area contributed by atoms with Crippen molar-refractivity contribution >= 4 is 37.3 Å². The van der Waals surface area contributed by atoms with Gasteiger partial charge in [-0.25, -0.2) is 8.42 Å². The summed E-state index contributed by atoms with van der Waals surface area (Å²) in [7, 11) is -3.69. The van der Waals surface area contributed by atoms with Crippen molar-refractivity contribution in [2.24, 2.45) is 0 Å². The number of hydrogen-bond acceptors (Lipinski definition) is 3. The standard InChI is InChI=1S/C14H15BrN2O2S/c1-9-3-6-14(12(16)7-9)20(18,19)17-13-5-4-11(15)8-10(13)2/h3-8,17H,16H2,1-2H3. The molecule has 106 valence electrons. The third kappa shape index (κ3) is 3.13. The maximum absolute atomic E-state index is 12.4. The molecule has 3 N–H and O–H groups in total. The van der Waals surface area contributed by atoms with Crippen LogP contribution in [-0.2, 0) is 10.0 Å². The summed E-state index contributed by atoms with van der Waals surface area (Å²) in [6.07, 6.45) is 0. The normalized spacial score (nSPS) is 11.3. The molecule has 0 heterocycles. The zero-order chi connectivity index (χ0) is 14.9. The van der Waals surface area contributed by atoms with Crippen molar-refractivity contribution in [3.05, 3.63) is 52.0 Å². The molecule has 20 heavy (non-hydrogen) atoms. The van der Waals surface area contributed by atoms with Gasteiger partial charge in [-0.05, 0) is 55.3 Å². The fourth-order valence-corrected chi connectivity index (χ4v) is 3.57. The van der Waals surface area contributed by atoms with E-state index in [0.29, 0.717) is 5.69 Å². The molecule has 0 aliphatic rings. The summed E-state index contributed by atoms with van der Waals surface area (Å²) < 4.78 is 28.2. The molecule has 0 saturated heterocycles. The van der Waals surface area contributed by atoms with Gasteiger partial charge in [-0.1, -0.05) is 22.0 Å². The smallest absolute Gasteiger partial charge is 0.263 e. The molecule has 0 unspecified atom stereocenters. The van der Waals surface area contributed by atoms with E-state index in [4.69, 9.17) is 5.73 Å². The first-order valence-electron chi connectivity index (χ1n) is 5.95. The predicted molar refractivity (Wildman–Crippen MR) is 85.3 cm³/mol. The van der Waals surface area contributed by atoms with Gasteiger partial charge < -0.3 is 5.73 Å². The van der Waals surface area contributed by atoms with Crippen LogP contribution in [0, 0.1) is 13.8 Å². The maximum Gasteiger partial charge on any atom is 0.263 e. The van der Waals surface area contributed by atoms with Crippen LogP contribution in [0.4, 0.5) is 11.4 Å². The number of sulfonamides is 1. The molecule has 0 aromatic heterocycles. The van der Waals surface area contributed by atoms with Gasteiger partial charge in [-0.15, -0.1) is 0 Å². The Morgan fingerprint density at radius 2 is 1.80 bits per heavy atom. The highest BCUT2D eigenvalue weighted by atomic mass is 79.9. The average Bonchev–Trinajstić information content (AvgIpc) is 2.32. The van der Waals surface area contributed by atoms with Crippen LogP contribution >= 0.6 is 15.9 Å². The van der Waals surface area contributed by atoms with Crippen LogP contribution in [-0.4, -0.2) is 8.42 Å². The lowest BCUT2D eigenvalue weighted by Gasteiger charge is -2.12. The highest BCUT2D eigenvalue weighted by Gasteiger charge is 2.18. The molecular weight excluding hydrogens is 340 g/mol. The zero-order valence-corrected chi connectivity index (χ0v) is 13.5. The van der Waals surface area contributed by atoms with Crippen molar-refractivity contribution in [3.8, 4) is 0 Å². The van der Waals surface area contributed by atoms with Crippen LogP contribution in [0.25, 0.3) is 0 Å². The second-order valence-corrected chi connectivity index (χ2v) is 7.17. The number of nitrogen functional groups attached to an aromatic ring is 1. The highest BCUT2D eigenvalue weighted by Crippen LogP contribution is 2.25. The first-order valence-corrected chi connectivity index (χ1v) is 8.22. The van der Waals surface area contributed by atoms with Crippen molar-refractivity contribution in [3.63, 3.8) is 0 Å². The second-order valence-electron chi connectivity index (χ2n) is 4.61. The van der Waals surface area contributed by atoms with Crippen molar-refractivity contribution < 1.29 is 8.42 Å². The molecule has 0 radical (unpaired) electrons. The van der Waals surface area contributed by atoms with Gasteiger partial charge in [0, 0.05) is 4.47 Å². The molecule has 0 atom stereocenters. The molecule has 0 amide bonds. The molecule has 0 bridgehead atoms. The van der Waals surface area contributed by atoms with Crippen LogP contribution in [0.5, 0.6) is 0 Å². The Morgan fingerprint density at radius 3 is 2.40 bits per heavy atom. The van der Waals surface area contributed by atoms with Gasteiger partial charge in [0.05, 0.1) is 11.4 Å². The number of benzene rings is 2. The van der Waals surface area contributed by atoms with Crippen LogP contribution in [0.1, 0.15) is 11.1 Å². The first kappa shape index (κ1) is 14.9. The third-order valence-corrected chi connectivity index (χ3v) is 4.82. The number of halogens is 1. The molecule has 2 aromatic rings. The van der Waals surface area contributed by atoms with E-state index < -0.39 is 10.0 Å². The lowest BCUT2D eigenvalue weighted by molar-refractivity contribution is 0.601. The Bertz CT molecular complexity index is 758. The zero-order valence-electron chi connectivity index (χ0n) is 11.1. The van der Waals surface area contributed by atoms with Crippen molar-refractivity contribution in [2.75, 3.05) is 10.5 Å². The Morgan fingerprint density at radius 1 is 1.10 bits per heavy atom. The van der Waals surface area contributed by atoms with E-state index in [1.165, 1.54) is 6.07 Å². The summed E-state index contributed by atoms with van der Waals surface area (Å²) in [5.41, 5.74) is 8.32. The van der Waals surface area contributed by atoms with E-state index in [1.807, 2.05) is 19.9 Å². The molecule has 0 aliphatic heterocycles. The Balaban J connectivity index is 2.41. The predicted octanol–water partition coefficient (Wildman–Crippen LogP) is 3.45. The molecule has 2 rings (SSSR count). The van der Waals surface area contributed by atoms with Gasteiger partial charge in [0.25, 0.3) is 10.0 Å². The molecule has 0 aliphatic carbocycles. The minimum atomic E-state index is -3.69. The van der Waals surface area contributed by atoms with Crippen LogP contribution < -0.4 is 10.5 Å². The fourth-order valence-electron chi connectivity index (χ4n) is 1.85. The number of nitrogens with one attached hydrogen (secondary N) is 1. The van der Waals surface area contributed by atoms with Gasteiger partial charge in [-0.2, -0.15) is 0 Å². The molecular formula is C14H15BrN2O2S. The van der Waals surface area contributed by atoms with E-state index in [2.05, 4.69) is 20.7 Å². The quantitative estimate of drug-likeness (QED) is 0.829. The second kappa shape index (κ2) is 5.46. The van der Waals surface area contributed by atoms with Crippen LogP contribution in [0.15, 0.2) is 45.8 Å². The highest BCUT2D eigenvalue weighted by molar-refractivity contribution is 9.10. The minimum Gasteiger partial charge on any atom is -0.398 e. The molecule has 0 saturated carbocycles. The Labute approximate surface area is 127 Å². The van der Waals surface area contributed by atoms with Crippen LogP contribution in [0.2, 0.25) is 0 Å². The summed E-state index contributed by atoms with van der Waals surface area (Å²) in [6.45, 7) is 3.69. The van der Waals surface area contributed by atoms with E-state index in [-0.39, 0.29) is 10.6 Å². The summed E-state index contributed by atoms with van der Waals surface area (Å²) in [6, 6.07) is 10.2.